The summed E-state index contributed by atoms with van der Waals surface area (Å²) in [5.74, 6) is -0.285. The highest BCUT2D eigenvalue weighted by Gasteiger charge is 2.13. The molecule has 3 aromatic rings. The van der Waals surface area contributed by atoms with E-state index in [0.717, 1.165) is 0 Å². The normalized spacial score (nSPS) is 11.1. The summed E-state index contributed by atoms with van der Waals surface area (Å²) in [4.78, 5) is 4.23. The van der Waals surface area contributed by atoms with Crippen LogP contribution in [0.4, 0.5) is 10.1 Å². The number of rotatable bonds is 1. The Kier molecular flexibility index (Phi) is 2.84. The lowest BCUT2D eigenvalue weighted by molar-refractivity contribution is 0.603. The third kappa shape index (κ3) is 2.13. The first kappa shape index (κ1) is 12.3. The summed E-state index contributed by atoms with van der Waals surface area (Å²) in [6, 6.07) is 7.55. The summed E-state index contributed by atoms with van der Waals surface area (Å²) in [6.07, 6.45) is 0. The Morgan fingerprint density at radius 2 is 1.95 bits per heavy atom. The standard InChI is InChI=1S/C13H7Cl2FN2O/c14-6-1-2-10(17)7(3-6)13-18-11-4-8(15)9(16)5-12(11)19-13/h1-5H,17H2. The van der Waals surface area contributed by atoms with Crippen molar-refractivity contribution in [1.29, 1.82) is 0 Å². The second-order valence-electron chi connectivity index (χ2n) is 3.98. The average Bonchev–Trinajstić information content (AvgIpc) is 2.75. The van der Waals surface area contributed by atoms with Crippen LogP contribution < -0.4 is 5.73 Å². The quantitative estimate of drug-likeness (QED) is 0.672. The van der Waals surface area contributed by atoms with Crippen molar-refractivity contribution in [3.8, 4) is 11.5 Å². The Hall–Kier alpha value is -1.78. The number of hydrogen-bond acceptors (Lipinski definition) is 3. The van der Waals surface area contributed by atoms with E-state index < -0.39 is 5.82 Å². The van der Waals surface area contributed by atoms with Crippen LogP contribution in [0.1, 0.15) is 0 Å². The predicted octanol–water partition coefficient (Wildman–Crippen LogP) is 4.52. The van der Waals surface area contributed by atoms with Crippen LogP contribution in [0.25, 0.3) is 22.6 Å². The first-order valence-electron chi connectivity index (χ1n) is 5.35. The molecule has 2 aromatic carbocycles. The highest BCUT2D eigenvalue weighted by atomic mass is 35.5. The van der Waals surface area contributed by atoms with Crippen LogP contribution in [0.2, 0.25) is 10.0 Å². The van der Waals surface area contributed by atoms with Crippen LogP contribution in [0.5, 0.6) is 0 Å². The molecule has 1 heterocycles. The maximum absolute atomic E-state index is 13.3. The minimum Gasteiger partial charge on any atom is -0.436 e. The number of benzene rings is 2. The summed E-state index contributed by atoms with van der Waals surface area (Å²) in [6.45, 7) is 0. The van der Waals surface area contributed by atoms with Gasteiger partial charge in [0.05, 0.1) is 10.6 Å². The van der Waals surface area contributed by atoms with Gasteiger partial charge in [-0.05, 0) is 24.3 Å². The van der Waals surface area contributed by atoms with Gasteiger partial charge in [-0.25, -0.2) is 9.37 Å². The van der Waals surface area contributed by atoms with E-state index in [1.54, 1.807) is 18.2 Å². The van der Waals surface area contributed by atoms with Gasteiger partial charge in [-0.3, -0.25) is 0 Å². The molecule has 6 heteroatoms. The van der Waals surface area contributed by atoms with Gasteiger partial charge in [0.15, 0.2) is 5.58 Å². The fourth-order valence-electron chi connectivity index (χ4n) is 1.75. The molecule has 3 nitrogen and oxygen atoms in total. The zero-order chi connectivity index (χ0) is 13.6. The maximum Gasteiger partial charge on any atom is 0.229 e. The number of nitrogens with two attached hydrogens (primary N) is 1. The minimum absolute atomic E-state index is 0.00795. The highest BCUT2D eigenvalue weighted by molar-refractivity contribution is 6.31. The van der Waals surface area contributed by atoms with Gasteiger partial charge < -0.3 is 10.2 Å². The van der Waals surface area contributed by atoms with E-state index in [1.165, 1.54) is 12.1 Å². The molecule has 0 aliphatic rings. The van der Waals surface area contributed by atoms with Crippen molar-refractivity contribution in [2.45, 2.75) is 0 Å². The molecule has 0 fully saturated rings. The molecule has 0 saturated carbocycles. The summed E-state index contributed by atoms with van der Waals surface area (Å²) in [5, 5.41) is 0.502. The first-order valence-corrected chi connectivity index (χ1v) is 6.11. The maximum atomic E-state index is 13.3. The van der Waals surface area contributed by atoms with Crippen molar-refractivity contribution in [2.75, 3.05) is 5.73 Å². The number of nitrogen functional groups attached to an aromatic ring is 1. The molecule has 0 amide bonds. The Balaban J connectivity index is 2.23. The predicted molar refractivity (Wildman–Crippen MR) is 73.8 cm³/mol. The summed E-state index contributed by atoms with van der Waals surface area (Å²) in [7, 11) is 0. The van der Waals surface area contributed by atoms with E-state index in [2.05, 4.69) is 4.98 Å². The number of aromatic nitrogens is 1. The molecule has 0 saturated heterocycles. The largest absolute Gasteiger partial charge is 0.436 e. The molecule has 0 aliphatic carbocycles. The minimum atomic E-state index is -0.559. The summed E-state index contributed by atoms with van der Waals surface area (Å²) in [5.41, 5.74) is 7.64. The molecule has 0 atom stereocenters. The lowest BCUT2D eigenvalue weighted by Crippen LogP contribution is -1.89. The highest BCUT2D eigenvalue weighted by Crippen LogP contribution is 2.32. The third-order valence-electron chi connectivity index (χ3n) is 2.68. The van der Waals surface area contributed by atoms with Gasteiger partial charge in [-0.1, -0.05) is 23.2 Å². The number of oxazole rings is 1. The van der Waals surface area contributed by atoms with E-state index in [1.807, 2.05) is 0 Å². The Labute approximate surface area is 117 Å². The fraction of sp³-hybridized carbons (Fsp3) is 0. The van der Waals surface area contributed by atoms with Crippen molar-refractivity contribution in [3.05, 3.63) is 46.2 Å². The first-order chi connectivity index (χ1) is 9.04. The smallest absolute Gasteiger partial charge is 0.229 e. The number of nitrogens with zero attached hydrogens (tertiary/aromatic N) is 1. The van der Waals surface area contributed by atoms with Crippen LogP contribution >= 0.6 is 23.2 Å². The lowest BCUT2D eigenvalue weighted by Gasteiger charge is -2.00. The molecule has 0 aliphatic heterocycles. The van der Waals surface area contributed by atoms with Crippen molar-refractivity contribution >= 4 is 40.0 Å². The van der Waals surface area contributed by atoms with Gasteiger partial charge in [-0.2, -0.15) is 0 Å². The van der Waals surface area contributed by atoms with Crippen LogP contribution in [-0.2, 0) is 0 Å². The topological polar surface area (TPSA) is 52.0 Å². The van der Waals surface area contributed by atoms with E-state index >= 15 is 0 Å². The van der Waals surface area contributed by atoms with Gasteiger partial charge in [0.1, 0.15) is 11.3 Å². The molecule has 0 unspecified atom stereocenters. The van der Waals surface area contributed by atoms with Gasteiger partial charge in [-0.15, -0.1) is 0 Å². The second kappa shape index (κ2) is 4.40. The molecular formula is C13H7Cl2FN2O. The second-order valence-corrected chi connectivity index (χ2v) is 4.83. The molecule has 0 spiro atoms. The molecule has 3 rings (SSSR count). The number of halogens is 3. The number of anilines is 1. The zero-order valence-electron chi connectivity index (χ0n) is 9.45. The Morgan fingerprint density at radius 3 is 2.74 bits per heavy atom. The lowest BCUT2D eigenvalue weighted by atomic mass is 10.2. The molecular weight excluding hydrogens is 290 g/mol. The van der Waals surface area contributed by atoms with Crippen molar-refractivity contribution in [3.63, 3.8) is 0 Å². The van der Waals surface area contributed by atoms with Crippen molar-refractivity contribution in [2.24, 2.45) is 0 Å². The molecule has 1 aromatic heterocycles. The van der Waals surface area contributed by atoms with Crippen LogP contribution in [0.3, 0.4) is 0 Å². The summed E-state index contributed by atoms with van der Waals surface area (Å²) >= 11 is 11.6. The van der Waals surface area contributed by atoms with Gasteiger partial charge in [0, 0.05) is 16.8 Å². The van der Waals surface area contributed by atoms with E-state index in [0.29, 0.717) is 27.4 Å². The van der Waals surface area contributed by atoms with E-state index in [4.69, 9.17) is 33.4 Å². The fourth-order valence-corrected chi connectivity index (χ4v) is 2.08. The van der Waals surface area contributed by atoms with Gasteiger partial charge in [0.25, 0.3) is 0 Å². The number of fused-ring (bicyclic) bond motifs is 1. The van der Waals surface area contributed by atoms with Crippen LogP contribution in [-0.4, -0.2) is 4.98 Å². The van der Waals surface area contributed by atoms with Crippen molar-refractivity contribution in [1.82, 2.24) is 4.98 Å². The van der Waals surface area contributed by atoms with E-state index in [-0.39, 0.29) is 10.9 Å². The summed E-state index contributed by atoms with van der Waals surface area (Å²) < 4.78 is 18.8. The average molecular weight is 297 g/mol. The Morgan fingerprint density at radius 1 is 1.16 bits per heavy atom. The monoisotopic (exact) mass is 296 g/mol. The Bertz CT molecular complexity index is 747. The van der Waals surface area contributed by atoms with Crippen LogP contribution in [0.15, 0.2) is 34.7 Å². The SMILES string of the molecule is Nc1ccc(Cl)cc1-c1nc2cc(Cl)c(F)cc2o1. The molecule has 96 valence electrons. The van der Waals surface area contributed by atoms with Crippen molar-refractivity contribution < 1.29 is 8.81 Å². The molecule has 0 radical (unpaired) electrons. The molecule has 0 bridgehead atoms. The molecule has 19 heavy (non-hydrogen) atoms. The zero-order valence-corrected chi connectivity index (χ0v) is 11.0. The number of hydrogen-bond donors (Lipinski definition) is 1. The van der Waals surface area contributed by atoms with Crippen LogP contribution in [0, 0.1) is 5.82 Å². The molecule has 2 N–H and O–H groups in total. The third-order valence-corrected chi connectivity index (χ3v) is 3.20. The van der Waals surface area contributed by atoms with E-state index in [9.17, 15) is 4.39 Å². The van der Waals surface area contributed by atoms with Gasteiger partial charge >= 0.3 is 0 Å². The van der Waals surface area contributed by atoms with Gasteiger partial charge in [0.2, 0.25) is 5.89 Å².